The number of carbonyl (C=O) groups excluding carboxylic acids is 1. The number of methoxy groups -OCH3 is 1. The number of hydrogen-bond donors (Lipinski definition) is 1. The van der Waals surface area contributed by atoms with Gasteiger partial charge in [-0.25, -0.2) is 8.42 Å². The van der Waals surface area contributed by atoms with Gasteiger partial charge >= 0.3 is 0 Å². The Hall–Kier alpha value is -2.09. The molecule has 1 N–H and O–H groups in total. The normalized spacial score (nSPS) is 17.2. The van der Waals surface area contributed by atoms with Crippen LogP contribution in [0, 0.1) is 0 Å². The minimum absolute atomic E-state index is 0.0622. The van der Waals surface area contributed by atoms with Gasteiger partial charge in [-0.3, -0.25) is 4.79 Å². The fraction of sp³-hybridized carbons (Fsp3) is 0.316. The number of carbonyl (C=O) groups is 1. The molecule has 0 spiro atoms. The van der Waals surface area contributed by atoms with Crippen molar-refractivity contribution in [1.29, 1.82) is 0 Å². The highest BCUT2D eigenvalue weighted by molar-refractivity contribution is 7.89. The Labute approximate surface area is 164 Å². The summed E-state index contributed by atoms with van der Waals surface area (Å²) in [5, 5.41) is 3.14. The van der Waals surface area contributed by atoms with E-state index >= 15 is 0 Å². The molecule has 6 nitrogen and oxygen atoms in total. The summed E-state index contributed by atoms with van der Waals surface area (Å²) in [4.78, 5) is 12.9. The Balaban J connectivity index is 1.89. The van der Waals surface area contributed by atoms with E-state index in [1.807, 2.05) is 24.3 Å². The lowest BCUT2D eigenvalue weighted by Gasteiger charge is -2.34. The lowest BCUT2D eigenvalue weighted by atomic mass is 9.95. The number of anilines is 1. The molecule has 3 rings (SSSR count). The highest BCUT2D eigenvalue weighted by atomic mass is 35.5. The molecule has 144 valence electrons. The Morgan fingerprint density at radius 1 is 1.26 bits per heavy atom. The first-order chi connectivity index (χ1) is 12.9. The third-order valence-corrected chi connectivity index (χ3v) is 6.77. The number of nitrogens with zero attached hydrogens (tertiary/aromatic N) is 1. The lowest BCUT2D eigenvalue weighted by molar-refractivity contribution is -0.120. The molecule has 0 unspecified atom stereocenters. The highest BCUT2D eigenvalue weighted by Gasteiger charge is 2.37. The van der Waals surface area contributed by atoms with Crippen molar-refractivity contribution >= 4 is 33.2 Å². The van der Waals surface area contributed by atoms with Crippen LogP contribution in [0.2, 0.25) is 5.02 Å². The number of fused-ring (bicyclic) bond motifs is 1. The maximum Gasteiger partial charge on any atom is 0.243 e. The number of rotatable bonds is 5. The van der Waals surface area contributed by atoms with Gasteiger partial charge in [0.05, 0.1) is 17.9 Å². The second-order valence-electron chi connectivity index (χ2n) is 6.27. The molecule has 0 saturated heterocycles. The van der Waals surface area contributed by atoms with E-state index in [-0.39, 0.29) is 18.2 Å². The summed E-state index contributed by atoms with van der Waals surface area (Å²) in [7, 11) is -2.04. The molecule has 27 heavy (non-hydrogen) atoms. The van der Waals surface area contributed by atoms with Crippen molar-refractivity contribution in [3.8, 4) is 5.75 Å². The van der Waals surface area contributed by atoms with Crippen molar-refractivity contribution in [2.45, 2.75) is 25.9 Å². The van der Waals surface area contributed by atoms with E-state index in [4.69, 9.17) is 16.3 Å². The molecule has 0 saturated carbocycles. The number of ether oxygens (including phenoxy) is 1. The fourth-order valence-corrected chi connectivity index (χ4v) is 4.63. The topological polar surface area (TPSA) is 75.7 Å². The first-order valence-corrected chi connectivity index (χ1v) is 10.5. The molecular formula is C19H21ClN2O4S. The Morgan fingerprint density at radius 2 is 1.96 bits per heavy atom. The molecule has 1 aliphatic rings. The van der Waals surface area contributed by atoms with Crippen molar-refractivity contribution in [2.24, 2.45) is 0 Å². The molecule has 8 heteroatoms. The number of halogens is 1. The Bertz CT molecular complexity index is 962. The number of benzene rings is 2. The maximum absolute atomic E-state index is 12.9. The van der Waals surface area contributed by atoms with E-state index in [0.717, 1.165) is 11.1 Å². The summed E-state index contributed by atoms with van der Waals surface area (Å²) in [6.07, 6.45) is 0.325. The van der Waals surface area contributed by atoms with Gasteiger partial charge in [-0.05, 0) is 42.7 Å². The van der Waals surface area contributed by atoms with E-state index < -0.39 is 16.1 Å². The third-order valence-electron chi connectivity index (χ3n) is 4.65. The molecule has 1 atom stereocenters. The zero-order valence-corrected chi connectivity index (χ0v) is 16.7. The molecule has 1 amide bonds. The monoisotopic (exact) mass is 408 g/mol. The van der Waals surface area contributed by atoms with Gasteiger partial charge in [0.2, 0.25) is 15.9 Å². The highest BCUT2D eigenvalue weighted by Crippen LogP contribution is 2.29. The van der Waals surface area contributed by atoms with E-state index in [9.17, 15) is 13.2 Å². The molecule has 0 bridgehead atoms. The van der Waals surface area contributed by atoms with Crippen molar-refractivity contribution in [3.63, 3.8) is 0 Å². The summed E-state index contributed by atoms with van der Waals surface area (Å²) in [5.74, 6) is 0.0482. The first-order valence-electron chi connectivity index (χ1n) is 8.56. The zero-order valence-electron chi connectivity index (χ0n) is 15.1. The summed E-state index contributed by atoms with van der Waals surface area (Å²) in [5.41, 5.74) is 2.39. The van der Waals surface area contributed by atoms with Gasteiger partial charge in [-0.2, -0.15) is 4.31 Å². The van der Waals surface area contributed by atoms with Gasteiger partial charge in [-0.1, -0.05) is 35.9 Å². The van der Waals surface area contributed by atoms with Gasteiger partial charge < -0.3 is 10.1 Å². The molecule has 2 aromatic rings. The van der Waals surface area contributed by atoms with Gasteiger partial charge in [0, 0.05) is 12.2 Å². The Morgan fingerprint density at radius 3 is 2.59 bits per heavy atom. The second-order valence-corrected chi connectivity index (χ2v) is 8.89. The molecule has 0 radical (unpaired) electrons. The Kier molecular flexibility index (Phi) is 5.74. The van der Waals surface area contributed by atoms with Crippen molar-refractivity contribution in [3.05, 3.63) is 58.6 Å². The second kappa shape index (κ2) is 7.88. The maximum atomic E-state index is 12.9. The number of amides is 1. The molecule has 1 heterocycles. The van der Waals surface area contributed by atoms with Gasteiger partial charge in [0.25, 0.3) is 0 Å². The summed E-state index contributed by atoms with van der Waals surface area (Å²) in [6.45, 7) is 1.77. The van der Waals surface area contributed by atoms with E-state index in [1.54, 1.807) is 25.1 Å². The van der Waals surface area contributed by atoms with Crippen LogP contribution in [0.25, 0.3) is 0 Å². The number of nitrogens with one attached hydrogen (secondary N) is 1. The molecule has 2 aromatic carbocycles. The summed E-state index contributed by atoms with van der Waals surface area (Å²) in [6, 6.07) is 11.7. The summed E-state index contributed by atoms with van der Waals surface area (Å²) < 4.78 is 31.5. The number of hydrogen-bond acceptors (Lipinski definition) is 4. The standard InChI is InChI=1S/C19H21ClN2O4S/c1-3-27(24,25)22-12-14-7-5-4-6-13(14)10-17(22)19(23)21-15-8-9-18(26-2)16(20)11-15/h4-9,11,17H,3,10,12H2,1-2H3,(H,21,23)/t17-/m0/s1. The van der Waals surface area contributed by atoms with Crippen molar-refractivity contribution < 1.29 is 17.9 Å². The molecule has 0 aromatic heterocycles. The van der Waals surface area contributed by atoms with Crippen LogP contribution < -0.4 is 10.1 Å². The first kappa shape index (κ1) is 19.7. The SMILES string of the molecule is CCS(=O)(=O)N1Cc2ccccc2C[C@H]1C(=O)Nc1ccc(OC)c(Cl)c1. The predicted molar refractivity (Wildman–Crippen MR) is 106 cm³/mol. The summed E-state index contributed by atoms with van der Waals surface area (Å²) >= 11 is 6.11. The molecule has 0 aliphatic carbocycles. The van der Waals surface area contributed by atoms with Gasteiger partial charge in [0.1, 0.15) is 11.8 Å². The van der Waals surface area contributed by atoms with Crippen LogP contribution in [0.5, 0.6) is 5.75 Å². The van der Waals surface area contributed by atoms with Gasteiger partial charge in [-0.15, -0.1) is 0 Å². The van der Waals surface area contributed by atoms with E-state index in [1.165, 1.54) is 11.4 Å². The van der Waals surface area contributed by atoms with E-state index in [0.29, 0.717) is 22.9 Å². The average Bonchev–Trinajstić information content (AvgIpc) is 2.67. The molecule has 1 aliphatic heterocycles. The van der Waals surface area contributed by atoms with Crippen molar-refractivity contribution in [1.82, 2.24) is 4.31 Å². The quantitative estimate of drug-likeness (QED) is 0.824. The van der Waals surface area contributed by atoms with E-state index in [2.05, 4.69) is 5.32 Å². The average molecular weight is 409 g/mol. The minimum atomic E-state index is -3.54. The fourth-order valence-electron chi connectivity index (χ4n) is 3.15. The van der Waals surface area contributed by atoms with Crippen LogP contribution in [0.4, 0.5) is 5.69 Å². The van der Waals surface area contributed by atoms with Crippen LogP contribution in [-0.4, -0.2) is 37.5 Å². The van der Waals surface area contributed by atoms with Crippen LogP contribution >= 0.6 is 11.6 Å². The zero-order chi connectivity index (χ0) is 19.6. The largest absolute Gasteiger partial charge is 0.495 e. The van der Waals surface area contributed by atoms with Gasteiger partial charge in [0.15, 0.2) is 0 Å². The van der Waals surface area contributed by atoms with Crippen LogP contribution in [0.1, 0.15) is 18.1 Å². The lowest BCUT2D eigenvalue weighted by Crippen LogP contribution is -2.51. The van der Waals surface area contributed by atoms with Crippen LogP contribution in [0.15, 0.2) is 42.5 Å². The minimum Gasteiger partial charge on any atom is -0.495 e. The van der Waals surface area contributed by atoms with Crippen molar-refractivity contribution in [2.75, 3.05) is 18.2 Å². The molecular weight excluding hydrogens is 388 g/mol. The number of sulfonamides is 1. The van der Waals surface area contributed by atoms with Crippen LogP contribution in [-0.2, 0) is 27.8 Å². The smallest absolute Gasteiger partial charge is 0.243 e. The molecule has 0 fully saturated rings. The van der Waals surface area contributed by atoms with Crippen LogP contribution in [0.3, 0.4) is 0 Å². The predicted octanol–water partition coefficient (Wildman–Crippen LogP) is 3.06. The third kappa shape index (κ3) is 4.10.